The predicted octanol–water partition coefficient (Wildman–Crippen LogP) is 2.36. The number of rotatable bonds is 6. The van der Waals surface area contributed by atoms with Crippen LogP contribution >= 0.6 is 11.6 Å². The molecule has 0 fully saturated rings. The SMILES string of the molecule is CCNC(=NCCc1ccc(OC)cc1Cl)NC1CCc2nc(C)nn2C1. The fraction of sp³-hybridized carbons (Fsp3) is 0.526. The Hall–Kier alpha value is -2.28. The summed E-state index contributed by atoms with van der Waals surface area (Å²) >= 11 is 6.31. The smallest absolute Gasteiger partial charge is 0.191 e. The van der Waals surface area contributed by atoms with Gasteiger partial charge in [0.1, 0.15) is 17.4 Å². The van der Waals surface area contributed by atoms with E-state index in [0.29, 0.717) is 17.6 Å². The Kier molecular flexibility index (Phi) is 6.55. The van der Waals surface area contributed by atoms with Crippen molar-refractivity contribution in [3.8, 4) is 5.75 Å². The van der Waals surface area contributed by atoms with Crippen LogP contribution in [0, 0.1) is 6.92 Å². The third kappa shape index (κ3) is 5.13. The van der Waals surface area contributed by atoms with Gasteiger partial charge in [-0.05, 0) is 44.4 Å². The molecule has 2 N–H and O–H groups in total. The van der Waals surface area contributed by atoms with Crippen LogP contribution in [0.25, 0.3) is 0 Å². The molecule has 0 aliphatic carbocycles. The predicted molar refractivity (Wildman–Crippen MR) is 108 cm³/mol. The van der Waals surface area contributed by atoms with E-state index in [4.69, 9.17) is 21.3 Å². The molecule has 8 heteroatoms. The van der Waals surface area contributed by atoms with Crippen molar-refractivity contribution in [1.29, 1.82) is 0 Å². The van der Waals surface area contributed by atoms with Gasteiger partial charge in [-0.2, -0.15) is 5.10 Å². The number of nitrogens with zero attached hydrogens (tertiary/aromatic N) is 4. The number of fused-ring (bicyclic) bond motifs is 1. The quantitative estimate of drug-likeness (QED) is 0.585. The summed E-state index contributed by atoms with van der Waals surface area (Å²) in [5.74, 6) is 3.50. The van der Waals surface area contributed by atoms with Gasteiger partial charge in [0, 0.05) is 30.6 Å². The van der Waals surface area contributed by atoms with Crippen LogP contribution in [0.15, 0.2) is 23.2 Å². The number of benzene rings is 1. The maximum Gasteiger partial charge on any atom is 0.191 e. The zero-order valence-corrected chi connectivity index (χ0v) is 16.9. The lowest BCUT2D eigenvalue weighted by atomic mass is 10.1. The highest BCUT2D eigenvalue weighted by Crippen LogP contribution is 2.22. The van der Waals surface area contributed by atoms with Crippen LogP contribution in [-0.4, -0.2) is 47.0 Å². The number of methoxy groups -OCH3 is 1. The molecule has 146 valence electrons. The van der Waals surface area contributed by atoms with Gasteiger partial charge in [-0.25, -0.2) is 9.67 Å². The zero-order valence-electron chi connectivity index (χ0n) is 16.1. The van der Waals surface area contributed by atoms with E-state index in [-0.39, 0.29) is 0 Å². The van der Waals surface area contributed by atoms with Gasteiger partial charge in [-0.3, -0.25) is 4.99 Å². The molecule has 27 heavy (non-hydrogen) atoms. The van der Waals surface area contributed by atoms with E-state index in [1.54, 1.807) is 7.11 Å². The van der Waals surface area contributed by atoms with Crippen LogP contribution in [0.4, 0.5) is 0 Å². The molecule has 1 unspecified atom stereocenters. The number of halogens is 1. The van der Waals surface area contributed by atoms with Crippen molar-refractivity contribution in [3.05, 3.63) is 40.4 Å². The Bertz CT molecular complexity index is 803. The first-order chi connectivity index (χ1) is 13.1. The Morgan fingerprint density at radius 1 is 1.44 bits per heavy atom. The lowest BCUT2D eigenvalue weighted by molar-refractivity contribution is 0.392. The van der Waals surface area contributed by atoms with E-state index in [1.165, 1.54) is 0 Å². The molecular weight excluding hydrogens is 364 g/mol. The molecule has 0 amide bonds. The van der Waals surface area contributed by atoms with Crippen molar-refractivity contribution >= 4 is 17.6 Å². The van der Waals surface area contributed by atoms with Crippen molar-refractivity contribution in [3.63, 3.8) is 0 Å². The van der Waals surface area contributed by atoms with E-state index >= 15 is 0 Å². The van der Waals surface area contributed by atoms with E-state index in [9.17, 15) is 0 Å². The monoisotopic (exact) mass is 390 g/mol. The standard InChI is InChI=1S/C19H27ClN6O/c1-4-21-19(22-10-9-14-5-7-16(27-3)11-17(14)20)24-15-6-8-18-23-13(2)25-26(18)12-15/h5,7,11,15H,4,6,8-10,12H2,1-3H3,(H2,21,22,24). The van der Waals surface area contributed by atoms with Gasteiger partial charge in [0.2, 0.25) is 0 Å². The molecule has 1 aliphatic rings. The summed E-state index contributed by atoms with van der Waals surface area (Å²) in [6.45, 7) is 6.28. The largest absolute Gasteiger partial charge is 0.497 e. The first-order valence-electron chi connectivity index (χ1n) is 9.36. The molecule has 0 saturated carbocycles. The third-order valence-corrected chi connectivity index (χ3v) is 4.91. The normalized spacial score (nSPS) is 16.7. The van der Waals surface area contributed by atoms with Crippen LogP contribution in [0.1, 0.15) is 30.6 Å². The van der Waals surface area contributed by atoms with Crippen molar-refractivity contribution in [2.24, 2.45) is 4.99 Å². The second-order valence-corrected chi connectivity index (χ2v) is 7.01. The van der Waals surface area contributed by atoms with Crippen LogP contribution in [0.2, 0.25) is 5.02 Å². The summed E-state index contributed by atoms with van der Waals surface area (Å²) in [7, 11) is 1.64. The fourth-order valence-corrected chi connectivity index (χ4v) is 3.48. The Morgan fingerprint density at radius 3 is 3.04 bits per heavy atom. The van der Waals surface area contributed by atoms with Gasteiger partial charge >= 0.3 is 0 Å². The number of hydrogen-bond donors (Lipinski definition) is 2. The van der Waals surface area contributed by atoms with Crippen LogP contribution in [0.5, 0.6) is 5.75 Å². The maximum absolute atomic E-state index is 6.31. The molecule has 1 atom stereocenters. The second-order valence-electron chi connectivity index (χ2n) is 6.61. The molecular formula is C19H27ClN6O. The molecule has 0 saturated heterocycles. The topological polar surface area (TPSA) is 76.4 Å². The third-order valence-electron chi connectivity index (χ3n) is 4.56. The zero-order chi connectivity index (χ0) is 19.2. The Balaban J connectivity index is 1.58. The first kappa shape index (κ1) is 19.5. The maximum atomic E-state index is 6.31. The van der Waals surface area contributed by atoms with Crippen molar-refractivity contribution in [1.82, 2.24) is 25.4 Å². The van der Waals surface area contributed by atoms with Crippen LogP contribution < -0.4 is 15.4 Å². The minimum atomic E-state index is 0.293. The lowest BCUT2D eigenvalue weighted by Gasteiger charge is -2.25. The molecule has 1 aromatic carbocycles. The average molecular weight is 391 g/mol. The molecule has 1 aromatic heterocycles. The average Bonchev–Trinajstić information content (AvgIpc) is 3.02. The number of nitrogens with one attached hydrogen (secondary N) is 2. The van der Waals surface area contributed by atoms with Gasteiger partial charge < -0.3 is 15.4 Å². The van der Waals surface area contributed by atoms with E-state index < -0.39 is 0 Å². The molecule has 7 nitrogen and oxygen atoms in total. The van der Waals surface area contributed by atoms with Crippen molar-refractivity contribution < 1.29 is 4.74 Å². The van der Waals surface area contributed by atoms with Gasteiger partial charge in [0.25, 0.3) is 0 Å². The number of ether oxygens (including phenoxy) is 1. The molecule has 0 radical (unpaired) electrons. The highest BCUT2D eigenvalue weighted by molar-refractivity contribution is 6.31. The molecule has 2 aromatic rings. The number of aryl methyl sites for hydroxylation is 2. The van der Waals surface area contributed by atoms with Crippen molar-refractivity contribution in [2.75, 3.05) is 20.2 Å². The number of guanidine groups is 1. The van der Waals surface area contributed by atoms with E-state index in [1.807, 2.05) is 29.8 Å². The molecule has 0 spiro atoms. The van der Waals surface area contributed by atoms with Gasteiger partial charge in [-0.1, -0.05) is 17.7 Å². The Labute approximate surface area is 165 Å². The summed E-state index contributed by atoms with van der Waals surface area (Å²) in [5, 5.41) is 12.0. The summed E-state index contributed by atoms with van der Waals surface area (Å²) in [5.41, 5.74) is 1.07. The van der Waals surface area contributed by atoms with Crippen LogP contribution in [-0.2, 0) is 19.4 Å². The fourth-order valence-electron chi connectivity index (χ4n) is 3.21. The second kappa shape index (κ2) is 9.08. The molecule has 3 rings (SSSR count). The highest BCUT2D eigenvalue weighted by atomic mass is 35.5. The number of hydrogen-bond acceptors (Lipinski definition) is 4. The summed E-state index contributed by atoms with van der Waals surface area (Å²) in [4.78, 5) is 9.17. The molecule has 2 heterocycles. The summed E-state index contributed by atoms with van der Waals surface area (Å²) in [6.07, 6.45) is 2.72. The molecule has 1 aliphatic heterocycles. The van der Waals surface area contributed by atoms with Crippen molar-refractivity contribution in [2.45, 2.75) is 45.7 Å². The summed E-state index contributed by atoms with van der Waals surface area (Å²) in [6, 6.07) is 6.05. The van der Waals surface area contributed by atoms with Gasteiger partial charge in [-0.15, -0.1) is 0 Å². The van der Waals surface area contributed by atoms with E-state index in [0.717, 1.165) is 61.3 Å². The van der Waals surface area contributed by atoms with Crippen LogP contribution in [0.3, 0.4) is 0 Å². The van der Waals surface area contributed by atoms with Gasteiger partial charge in [0.15, 0.2) is 5.96 Å². The minimum Gasteiger partial charge on any atom is -0.497 e. The van der Waals surface area contributed by atoms with Gasteiger partial charge in [0.05, 0.1) is 13.7 Å². The number of aromatic nitrogens is 3. The summed E-state index contributed by atoms with van der Waals surface area (Å²) < 4.78 is 7.19. The first-order valence-corrected chi connectivity index (χ1v) is 9.74. The number of aliphatic imine (C=N–C) groups is 1. The Morgan fingerprint density at radius 2 is 2.30 bits per heavy atom. The van der Waals surface area contributed by atoms with E-state index in [2.05, 4.69) is 27.6 Å². The molecule has 0 bridgehead atoms. The minimum absolute atomic E-state index is 0.293. The lowest BCUT2D eigenvalue weighted by Crippen LogP contribution is -2.47. The highest BCUT2D eigenvalue weighted by Gasteiger charge is 2.21.